The van der Waals surface area contributed by atoms with Gasteiger partial charge in [0.2, 0.25) is 0 Å². The van der Waals surface area contributed by atoms with Gasteiger partial charge < -0.3 is 4.57 Å². The van der Waals surface area contributed by atoms with Crippen molar-refractivity contribution in [2.24, 2.45) is 4.99 Å². The fraction of sp³-hybridized carbons (Fsp3) is 0.364. The molecule has 1 amide bonds. The largest absolute Gasteiger partial charge is 0.317 e. The topological polar surface area (TPSA) is 34.4 Å². The van der Waals surface area contributed by atoms with Crippen molar-refractivity contribution >= 4 is 39.2 Å². The summed E-state index contributed by atoms with van der Waals surface area (Å²) in [7, 11) is 0. The van der Waals surface area contributed by atoms with Gasteiger partial charge in [0, 0.05) is 22.3 Å². The first kappa shape index (κ1) is 19.9. The van der Waals surface area contributed by atoms with Crippen molar-refractivity contribution in [3.63, 3.8) is 0 Å². The average molecular weight is 399 g/mol. The number of aromatic nitrogens is 1. The first-order valence-corrected chi connectivity index (χ1v) is 11.1. The van der Waals surface area contributed by atoms with E-state index in [2.05, 4.69) is 62.4 Å². The van der Waals surface area contributed by atoms with E-state index >= 15 is 0 Å². The second kappa shape index (κ2) is 8.44. The van der Waals surface area contributed by atoms with Crippen molar-refractivity contribution in [1.29, 1.82) is 0 Å². The highest BCUT2D eigenvalue weighted by atomic mass is 32.2. The lowest BCUT2D eigenvalue weighted by Crippen LogP contribution is -2.15. The summed E-state index contributed by atoms with van der Waals surface area (Å²) in [4.78, 5) is 19.1. The van der Waals surface area contributed by atoms with Gasteiger partial charge in [-0.15, -0.1) is 11.8 Å². The van der Waals surface area contributed by atoms with Crippen LogP contribution in [-0.2, 0) is 6.54 Å². The number of hydrogen-bond acceptors (Lipinski definition) is 3. The predicted molar refractivity (Wildman–Crippen MR) is 117 cm³/mol. The normalized spacial score (nSPS) is 12.5. The third-order valence-electron chi connectivity index (χ3n) is 4.34. The quantitative estimate of drug-likeness (QED) is 0.488. The molecule has 3 rings (SSSR count). The summed E-state index contributed by atoms with van der Waals surface area (Å²) in [6.45, 7) is 11.6. The molecule has 0 radical (unpaired) electrons. The van der Waals surface area contributed by atoms with Crippen LogP contribution in [0, 0.1) is 0 Å². The maximum atomic E-state index is 12.8. The van der Waals surface area contributed by atoms with Crippen molar-refractivity contribution < 1.29 is 4.79 Å². The van der Waals surface area contributed by atoms with Gasteiger partial charge in [-0.2, -0.15) is 4.99 Å². The lowest BCUT2D eigenvalue weighted by molar-refractivity contribution is 0.0997. The highest BCUT2D eigenvalue weighted by Gasteiger charge is 2.11. The lowest BCUT2D eigenvalue weighted by Gasteiger charge is -2.06. The minimum absolute atomic E-state index is 0.181. The van der Waals surface area contributed by atoms with E-state index in [4.69, 9.17) is 0 Å². The molecule has 0 N–H and O–H groups in total. The van der Waals surface area contributed by atoms with Crippen LogP contribution < -0.4 is 4.80 Å². The Morgan fingerprint density at radius 3 is 2.59 bits per heavy atom. The average Bonchev–Trinajstić information content (AvgIpc) is 2.97. The lowest BCUT2D eigenvalue weighted by atomic mass is 10.0. The van der Waals surface area contributed by atoms with Crippen LogP contribution >= 0.6 is 23.1 Å². The van der Waals surface area contributed by atoms with Crippen LogP contribution in [0.5, 0.6) is 0 Å². The summed E-state index contributed by atoms with van der Waals surface area (Å²) in [5.41, 5.74) is 3.09. The number of carbonyl (C=O) groups excluding carboxylic acids is 1. The Hall–Kier alpha value is -1.85. The number of carbonyl (C=O) groups is 1. The molecule has 142 valence electrons. The molecular weight excluding hydrogens is 372 g/mol. The van der Waals surface area contributed by atoms with Gasteiger partial charge in [0.25, 0.3) is 5.91 Å². The van der Waals surface area contributed by atoms with E-state index in [0.717, 1.165) is 21.8 Å². The molecule has 0 aliphatic heterocycles. The Kier molecular flexibility index (Phi) is 6.22. The molecule has 0 aliphatic rings. The molecule has 3 nitrogen and oxygen atoms in total. The summed E-state index contributed by atoms with van der Waals surface area (Å²) in [5.74, 6) is 0.300. The molecule has 2 aromatic carbocycles. The Bertz CT molecular complexity index is 1030. The number of aryl methyl sites for hydroxylation is 1. The van der Waals surface area contributed by atoms with Gasteiger partial charge in [0.1, 0.15) is 0 Å². The molecule has 0 unspecified atom stereocenters. The first-order chi connectivity index (χ1) is 12.9. The van der Waals surface area contributed by atoms with E-state index in [1.54, 1.807) is 23.1 Å². The predicted octanol–water partition coefficient (Wildman–Crippen LogP) is 6.09. The zero-order valence-corrected chi connectivity index (χ0v) is 18.2. The smallest absolute Gasteiger partial charge is 0.279 e. The van der Waals surface area contributed by atoms with Gasteiger partial charge in [0.05, 0.1) is 10.2 Å². The van der Waals surface area contributed by atoms with Gasteiger partial charge in [-0.3, -0.25) is 4.79 Å². The zero-order chi connectivity index (χ0) is 19.6. The fourth-order valence-corrected chi connectivity index (χ4v) is 5.00. The summed E-state index contributed by atoms with van der Waals surface area (Å²) < 4.78 is 3.30. The number of thiazole rings is 1. The summed E-state index contributed by atoms with van der Waals surface area (Å²) >= 11 is 3.34. The SMILES string of the molecule is CCn1c(=NC(=O)c2cccc(SC(C)C)c2)sc2cc(C(C)C)ccc21. The Morgan fingerprint density at radius 1 is 1.15 bits per heavy atom. The van der Waals surface area contributed by atoms with Crippen LogP contribution in [0.25, 0.3) is 10.2 Å². The summed E-state index contributed by atoms with van der Waals surface area (Å²) in [6.07, 6.45) is 0. The third kappa shape index (κ3) is 4.53. The number of fused-ring (bicyclic) bond motifs is 1. The minimum atomic E-state index is -0.181. The number of benzene rings is 2. The fourth-order valence-electron chi connectivity index (χ4n) is 2.97. The van der Waals surface area contributed by atoms with Crippen molar-refractivity contribution in [3.8, 4) is 0 Å². The molecule has 1 aromatic heterocycles. The monoisotopic (exact) mass is 398 g/mol. The Balaban J connectivity index is 2.03. The van der Waals surface area contributed by atoms with Gasteiger partial charge in [-0.25, -0.2) is 0 Å². The van der Waals surface area contributed by atoms with Crippen molar-refractivity contribution in [1.82, 2.24) is 4.57 Å². The third-order valence-corrected chi connectivity index (χ3v) is 6.38. The maximum Gasteiger partial charge on any atom is 0.279 e. The molecule has 0 aliphatic carbocycles. The van der Waals surface area contributed by atoms with Crippen LogP contribution in [0.3, 0.4) is 0 Å². The van der Waals surface area contributed by atoms with E-state index < -0.39 is 0 Å². The Labute approximate surface area is 169 Å². The highest BCUT2D eigenvalue weighted by Crippen LogP contribution is 2.25. The molecule has 0 saturated carbocycles. The number of nitrogens with zero attached hydrogens (tertiary/aromatic N) is 2. The van der Waals surface area contributed by atoms with E-state index in [1.807, 2.05) is 24.3 Å². The number of thioether (sulfide) groups is 1. The molecule has 5 heteroatoms. The van der Waals surface area contributed by atoms with Crippen LogP contribution in [0.2, 0.25) is 0 Å². The molecule has 0 spiro atoms. The van der Waals surface area contributed by atoms with Crippen molar-refractivity contribution in [2.45, 2.75) is 57.2 Å². The second-order valence-corrected chi connectivity index (χ2v) is 9.78. The van der Waals surface area contributed by atoms with Gasteiger partial charge in [-0.05, 0) is 48.7 Å². The molecule has 3 aromatic rings. The molecule has 0 atom stereocenters. The number of amides is 1. The van der Waals surface area contributed by atoms with Crippen molar-refractivity contribution in [2.75, 3.05) is 0 Å². The zero-order valence-electron chi connectivity index (χ0n) is 16.5. The summed E-state index contributed by atoms with van der Waals surface area (Å²) in [6, 6.07) is 14.3. The van der Waals surface area contributed by atoms with Crippen molar-refractivity contribution in [3.05, 3.63) is 58.4 Å². The van der Waals surface area contributed by atoms with Gasteiger partial charge >= 0.3 is 0 Å². The summed E-state index contributed by atoms with van der Waals surface area (Å²) in [5, 5.41) is 0.479. The maximum absolute atomic E-state index is 12.8. The van der Waals surface area contributed by atoms with Crippen LogP contribution in [0.1, 0.15) is 56.5 Å². The van der Waals surface area contributed by atoms with E-state index in [-0.39, 0.29) is 5.91 Å². The van der Waals surface area contributed by atoms with Crippen LogP contribution in [-0.4, -0.2) is 15.7 Å². The van der Waals surface area contributed by atoms with Crippen LogP contribution in [0.4, 0.5) is 0 Å². The minimum Gasteiger partial charge on any atom is -0.317 e. The van der Waals surface area contributed by atoms with E-state index in [1.165, 1.54) is 10.3 Å². The molecule has 0 fully saturated rings. The van der Waals surface area contributed by atoms with Gasteiger partial charge in [0.15, 0.2) is 4.80 Å². The number of rotatable bonds is 5. The highest BCUT2D eigenvalue weighted by molar-refractivity contribution is 7.99. The van der Waals surface area contributed by atoms with E-state index in [0.29, 0.717) is 16.7 Å². The standard InChI is InChI=1S/C22H26N2OS2/c1-6-24-19-11-10-16(14(2)3)13-20(19)27-22(24)23-21(25)17-8-7-9-18(12-17)26-15(4)5/h7-15H,6H2,1-5H3. The number of hydrogen-bond donors (Lipinski definition) is 0. The Morgan fingerprint density at radius 2 is 1.93 bits per heavy atom. The second-order valence-electron chi connectivity index (χ2n) is 7.12. The van der Waals surface area contributed by atoms with E-state index in [9.17, 15) is 4.79 Å². The van der Waals surface area contributed by atoms with Gasteiger partial charge in [-0.1, -0.05) is 51.2 Å². The first-order valence-electron chi connectivity index (χ1n) is 9.38. The van der Waals surface area contributed by atoms with Crippen LogP contribution in [0.15, 0.2) is 52.4 Å². The molecule has 1 heterocycles. The molecule has 27 heavy (non-hydrogen) atoms. The molecular formula is C22H26N2OS2. The molecule has 0 bridgehead atoms. The molecule has 0 saturated heterocycles.